The normalized spacial score (nSPS) is 14.9. The van der Waals surface area contributed by atoms with Gasteiger partial charge in [0.15, 0.2) is 5.78 Å². The molecule has 3 aromatic rings. The van der Waals surface area contributed by atoms with Gasteiger partial charge in [0.05, 0.1) is 18.8 Å². The summed E-state index contributed by atoms with van der Waals surface area (Å²) in [7, 11) is 0. The van der Waals surface area contributed by atoms with Gasteiger partial charge in [0.1, 0.15) is 5.82 Å². The van der Waals surface area contributed by atoms with Crippen molar-refractivity contribution in [3.63, 3.8) is 0 Å². The molecule has 150 valence electrons. The second-order valence-corrected chi connectivity index (χ2v) is 7.71. The Morgan fingerprint density at radius 2 is 1.66 bits per heavy atom. The van der Waals surface area contributed by atoms with Gasteiger partial charge in [-0.1, -0.05) is 29.8 Å². The highest BCUT2D eigenvalue weighted by Gasteiger charge is 2.21. The summed E-state index contributed by atoms with van der Waals surface area (Å²) in [4.78, 5) is 17.4. The summed E-state index contributed by atoms with van der Waals surface area (Å²) in [5.74, 6) is -0.191. The molecule has 4 rings (SSSR count). The highest BCUT2D eigenvalue weighted by atomic mass is 35.5. The van der Waals surface area contributed by atoms with Crippen molar-refractivity contribution < 1.29 is 9.18 Å². The third kappa shape index (κ3) is 4.69. The molecule has 29 heavy (non-hydrogen) atoms. The molecule has 0 bridgehead atoms. The van der Waals surface area contributed by atoms with Crippen molar-refractivity contribution in [2.45, 2.75) is 6.54 Å². The van der Waals surface area contributed by atoms with Crippen LogP contribution in [0.5, 0.6) is 0 Å². The maximum absolute atomic E-state index is 14.0. The van der Waals surface area contributed by atoms with E-state index in [1.54, 1.807) is 12.1 Å². The van der Waals surface area contributed by atoms with E-state index in [0.29, 0.717) is 24.3 Å². The van der Waals surface area contributed by atoms with Gasteiger partial charge in [-0.2, -0.15) is 0 Å². The Morgan fingerprint density at radius 1 is 0.931 bits per heavy atom. The Balaban J connectivity index is 1.35. The Morgan fingerprint density at radius 3 is 2.38 bits per heavy atom. The number of hydrogen-bond acceptors (Lipinski definition) is 3. The molecule has 0 spiro atoms. The number of rotatable bonds is 6. The zero-order valence-corrected chi connectivity index (χ0v) is 16.9. The molecule has 2 aromatic carbocycles. The van der Waals surface area contributed by atoms with Crippen LogP contribution in [0.4, 0.5) is 10.1 Å². The Labute approximate surface area is 175 Å². The van der Waals surface area contributed by atoms with Gasteiger partial charge < -0.3 is 9.47 Å². The fourth-order valence-electron chi connectivity index (χ4n) is 3.72. The number of hydrogen-bond donors (Lipinski definition) is 0. The maximum atomic E-state index is 14.0. The van der Waals surface area contributed by atoms with Gasteiger partial charge in [-0.3, -0.25) is 9.69 Å². The van der Waals surface area contributed by atoms with Crippen LogP contribution in [0.15, 0.2) is 66.9 Å². The summed E-state index contributed by atoms with van der Waals surface area (Å²) in [6.07, 6.45) is 1.83. The number of anilines is 1. The van der Waals surface area contributed by atoms with Gasteiger partial charge in [0.25, 0.3) is 0 Å². The van der Waals surface area contributed by atoms with E-state index >= 15 is 0 Å². The second kappa shape index (κ2) is 8.80. The highest BCUT2D eigenvalue weighted by Crippen LogP contribution is 2.20. The minimum Gasteiger partial charge on any atom is -0.369 e. The van der Waals surface area contributed by atoms with E-state index in [-0.39, 0.29) is 11.6 Å². The molecule has 6 heteroatoms. The van der Waals surface area contributed by atoms with Crippen molar-refractivity contribution in [3.05, 3.63) is 89.0 Å². The Kier molecular flexibility index (Phi) is 5.97. The molecule has 0 atom stereocenters. The number of Topliss-reactive ketones (excluding diaryl/α,β-unsaturated/α-hetero) is 1. The van der Waals surface area contributed by atoms with E-state index in [1.807, 2.05) is 53.2 Å². The number of nitrogens with zero attached hydrogens (tertiary/aromatic N) is 3. The quantitative estimate of drug-likeness (QED) is 0.565. The first-order chi connectivity index (χ1) is 14.1. The van der Waals surface area contributed by atoms with Gasteiger partial charge in [-0.15, -0.1) is 0 Å². The molecule has 1 aromatic heterocycles. The van der Waals surface area contributed by atoms with E-state index in [0.717, 1.165) is 36.9 Å². The summed E-state index contributed by atoms with van der Waals surface area (Å²) in [6, 6.07) is 18.2. The van der Waals surface area contributed by atoms with Crippen LogP contribution in [0.2, 0.25) is 5.02 Å². The van der Waals surface area contributed by atoms with Crippen LogP contribution < -0.4 is 4.90 Å². The van der Waals surface area contributed by atoms with Gasteiger partial charge in [-0.05, 0) is 42.5 Å². The molecular weight excluding hydrogens is 389 g/mol. The molecule has 0 radical (unpaired) electrons. The monoisotopic (exact) mass is 411 g/mol. The van der Waals surface area contributed by atoms with Crippen molar-refractivity contribution in [2.75, 3.05) is 37.6 Å². The van der Waals surface area contributed by atoms with E-state index < -0.39 is 0 Å². The molecule has 1 aliphatic heterocycles. The summed E-state index contributed by atoms with van der Waals surface area (Å²) < 4.78 is 15.8. The summed E-state index contributed by atoms with van der Waals surface area (Å²) in [5.41, 5.74) is 2.35. The zero-order valence-electron chi connectivity index (χ0n) is 16.1. The van der Waals surface area contributed by atoms with E-state index in [2.05, 4.69) is 9.80 Å². The fourth-order valence-corrected chi connectivity index (χ4v) is 3.84. The molecule has 1 fully saturated rings. The largest absolute Gasteiger partial charge is 0.369 e. The zero-order chi connectivity index (χ0) is 20.2. The SMILES string of the molecule is O=C(CN1CCN(c2ccc(Cl)cc2)CC1)c1cccn1Cc1ccccc1F. The number of aromatic nitrogens is 1. The van der Waals surface area contributed by atoms with Crippen LogP contribution >= 0.6 is 11.6 Å². The predicted octanol–water partition coefficient (Wildman–Crippen LogP) is 4.33. The van der Waals surface area contributed by atoms with Crippen molar-refractivity contribution in [1.29, 1.82) is 0 Å². The molecule has 4 nitrogen and oxygen atoms in total. The van der Waals surface area contributed by atoms with Crippen molar-refractivity contribution >= 4 is 23.1 Å². The highest BCUT2D eigenvalue weighted by molar-refractivity contribution is 6.30. The first-order valence-corrected chi connectivity index (χ1v) is 10.1. The average Bonchev–Trinajstić information content (AvgIpc) is 3.19. The number of halogens is 2. The molecular formula is C23H23ClFN3O. The molecule has 0 aliphatic carbocycles. The van der Waals surface area contributed by atoms with Crippen molar-refractivity contribution in [1.82, 2.24) is 9.47 Å². The van der Waals surface area contributed by atoms with Crippen LogP contribution in [-0.2, 0) is 6.54 Å². The van der Waals surface area contributed by atoms with Crippen LogP contribution in [0, 0.1) is 5.82 Å². The second-order valence-electron chi connectivity index (χ2n) is 7.28. The first-order valence-electron chi connectivity index (χ1n) is 9.75. The Bertz CT molecular complexity index is 978. The standard InChI is InChI=1S/C23H23ClFN3O/c24-19-7-9-20(10-8-19)27-14-12-26(13-15-27)17-23(29)22-6-3-11-28(22)16-18-4-1-2-5-21(18)25/h1-11H,12-17H2. The molecule has 0 amide bonds. The smallest absolute Gasteiger partial charge is 0.193 e. The number of benzene rings is 2. The predicted molar refractivity (Wildman–Crippen MR) is 114 cm³/mol. The van der Waals surface area contributed by atoms with Gasteiger partial charge in [-0.25, -0.2) is 4.39 Å². The lowest BCUT2D eigenvalue weighted by Gasteiger charge is -2.35. The number of carbonyl (C=O) groups is 1. The first kappa shape index (κ1) is 19.7. The van der Waals surface area contributed by atoms with E-state index in [4.69, 9.17) is 11.6 Å². The number of carbonyl (C=O) groups excluding carboxylic acids is 1. The van der Waals surface area contributed by atoms with Crippen LogP contribution in [-0.4, -0.2) is 48.0 Å². The van der Waals surface area contributed by atoms with Crippen molar-refractivity contribution in [2.24, 2.45) is 0 Å². The third-order valence-corrected chi connectivity index (χ3v) is 5.60. The lowest BCUT2D eigenvalue weighted by Crippen LogP contribution is -2.48. The third-order valence-electron chi connectivity index (χ3n) is 5.35. The lowest BCUT2D eigenvalue weighted by molar-refractivity contribution is 0.0917. The summed E-state index contributed by atoms with van der Waals surface area (Å²) in [6.45, 7) is 4.10. The van der Waals surface area contributed by atoms with Crippen molar-refractivity contribution in [3.8, 4) is 0 Å². The summed E-state index contributed by atoms with van der Waals surface area (Å²) >= 11 is 5.97. The van der Waals surface area contributed by atoms with Gasteiger partial charge in [0.2, 0.25) is 0 Å². The minimum absolute atomic E-state index is 0.0614. The molecule has 1 aliphatic rings. The fraction of sp³-hybridized carbons (Fsp3) is 0.261. The lowest BCUT2D eigenvalue weighted by atomic mass is 10.2. The maximum Gasteiger partial charge on any atom is 0.193 e. The van der Waals surface area contributed by atoms with Crippen LogP contribution in [0.25, 0.3) is 0 Å². The minimum atomic E-state index is -0.252. The number of piperazine rings is 1. The van der Waals surface area contributed by atoms with Gasteiger partial charge >= 0.3 is 0 Å². The number of ketones is 1. The van der Waals surface area contributed by atoms with Crippen LogP contribution in [0.1, 0.15) is 16.1 Å². The molecule has 0 unspecified atom stereocenters. The van der Waals surface area contributed by atoms with E-state index in [9.17, 15) is 9.18 Å². The topological polar surface area (TPSA) is 28.5 Å². The molecule has 0 N–H and O–H groups in total. The Hall–Kier alpha value is -2.63. The molecule has 0 saturated carbocycles. The van der Waals surface area contributed by atoms with Gasteiger partial charge in [0, 0.05) is 48.6 Å². The summed E-state index contributed by atoms with van der Waals surface area (Å²) in [5, 5.41) is 0.733. The van der Waals surface area contributed by atoms with Crippen LogP contribution in [0.3, 0.4) is 0 Å². The molecule has 1 saturated heterocycles. The molecule has 2 heterocycles. The van der Waals surface area contributed by atoms with E-state index in [1.165, 1.54) is 6.07 Å². The average molecular weight is 412 g/mol.